The summed E-state index contributed by atoms with van der Waals surface area (Å²) in [6.07, 6.45) is 2.11. The number of rotatable bonds is 6. The summed E-state index contributed by atoms with van der Waals surface area (Å²) < 4.78 is 0. The Labute approximate surface area is 151 Å². The van der Waals surface area contributed by atoms with Crippen molar-refractivity contribution >= 4 is 11.6 Å². The third-order valence-electron chi connectivity index (χ3n) is 4.51. The molecule has 0 radical (unpaired) electrons. The highest BCUT2D eigenvalue weighted by molar-refractivity contribution is 5.80. The van der Waals surface area contributed by atoms with Crippen LogP contribution in [0.2, 0.25) is 0 Å². The van der Waals surface area contributed by atoms with Gasteiger partial charge in [0, 0.05) is 37.9 Å². The predicted octanol–water partition coefficient (Wildman–Crippen LogP) is 3.06. The third-order valence-corrected chi connectivity index (χ3v) is 4.51. The van der Waals surface area contributed by atoms with E-state index in [-0.39, 0.29) is 0 Å². The van der Waals surface area contributed by atoms with Gasteiger partial charge in [0.2, 0.25) is 0 Å². The monoisotopic (exact) mass is 336 g/mol. The average molecular weight is 336 g/mol. The molecule has 2 aromatic rings. The first-order valence-corrected chi connectivity index (χ1v) is 9.24. The lowest BCUT2D eigenvalue weighted by Gasteiger charge is -2.20. The molecule has 0 spiro atoms. The fourth-order valence-corrected chi connectivity index (χ4v) is 3.21. The Bertz CT molecular complexity index is 654. The van der Waals surface area contributed by atoms with Gasteiger partial charge in [-0.3, -0.25) is 4.99 Å². The first-order chi connectivity index (χ1) is 12.3. The van der Waals surface area contributed by atoms with Gasteiger partial charge in [-0.15, -0.1) is 0 Å². The maximum absolute atomic E-state index is 4.75. The molecule has 1 saturated heterocycles. The molecule has 1 fully saturated rings. The van der Waals surface area contributed by atoms with Crippen molar-refractivity contribution in [2.75, 3.05) is 31.1 Å². The minimum absolute atomic E-state index is 0.440. The molecule has 0 bridgehead atoms. The van der Waals surface area contributed by atoms with Gasteiger partial charge in [0.05, 0.1) is 0 Å². The molecule has 0 saturated carbocycles. The zero-order valence-corrected chi connectivity index (χ0v) is 15.0. The standard InChI is InChI=1S/C21H28N4/c1-2-22-21(23-15-13-18-9-5-3-6-10-18)24-19-14-16-25(17-19)20-11-7-4-8-12-20/h3-12,19H,2,13-17H2,1H3,(H2,22,23,24). The van der Waals surface area contributed by atoms with Crippen molar-refractivity contribution in [2.45, 2.75) is 25.8 Å². The lowest BCUT2D eigenvalue weighted by Crippen LogP contribution is -2.44. The number of anilines is 1. The van der Waals surface area contributed by atoms with E-state index >= 15 is 0 Å². The van der Waals surface area contributed by atoms with Gasteiger partial charge in [-0.05, 0) is 37.5 Å². The van der Waals surface area contributed by atoms with Crippen LogP contribution in [0, 0.1) is 0 Å². The molecular formula is C21H28N4. The van der Waals surface area contributed by atoms with E-state index in [1.165, 1.54) is 11.3 Å². The summed E-state index contributed by atoms with van der Waals surface area (Å²) in [5.41, 5.74) is 2.64. The lowest BCUT2D eigenvalue weighted by molar-refractivity contribution is 0.649. The van der Waals surface area contributed by atoms with Crippen molar-refractivity contribution in [3.05, 3.63) is 66.2 Å². The molecule has 3 rings (SSSR count). The highest BCUT2D eigenvalue weighted by Gasteiger charge is 2.23. The molecule has 0 amide bonds. The van der Waals surface area contributed by atoms with Gasteiger partial charge in [0.25, 0.3) is 0 Å². The zero-order chi connectivity index (χ0) is 17.3. The number of nitrogens with zero attached hydrogens (tertiary/aromatic N) is 2. The second kappa shape index (κ2) is 9.11. The second-order valence-corrected chi connectivity index (χ2v) is 6.41. The van der Waals surface area contributed by atoms with Gasteiger partial charge in [-0.2, -0.15) is 0 Å². The summed E-state index contributed by atoms with van der Waals surface area (Å²) in [5, 5.41) is 6.97. The number of para-hydroxylation sites is 1. The lowest BCUT2D eigenvalue weighted by atomic mass is 10.2. The van der Waals surface area contributed by atoms with Gasteiger partial charge in [0.15, 0.2) is 5.96 Å². The van der Waals surface area contributed by atoms with E-state index in [0.29, 0.717) is 6.04 Å². The Balaban J connectivity index is 1.52. The Kier molecular flexibility index (Phi) is 6.32. The zero-order valence-electron chi connectivity index (χ0n) is 15.0. The van der Waals surface area contributed by atoms with E-state index in [2.05, 4.69) is 83.1 Å². The van der Waals surface area contributed by atoms with Crippen LogP contribution < -0.4 is 15.5 Å². The Morgan fingerprint density at radius 2 is 1.80 bits per heavy atom. The van der Waals surface area contributed by atoms with Gasteiger partial charge in [-0.25, -0.2) is 0 Å². The smallest absolute Gasteiger partial charge is 0.191 e. The van der Waals surface area contributed by atoms with Crippen molar-refractivity contribution in [1.82, 2.24) is 10.6 Å². The Hall–Kier alpha value is -2.49. The van der Waals surface area contributed by atoms with Crippen molar-refractivity contribution in [2.24, 2.45) is 4.99 Å². The molecule has 25 heavy (non-hydrogen) atoms. The van der Waals surface area contributed by atoms with Crippen LogP contribution in [-0.2, 0) is 6.42 Å². The van der Waals surface area contributed by atoms with E-state index in [4.69, 9.17) is 4.99 Å². The number of nitrogens with one attached hydrogen (secondary N) is 2. The van der Waals surface area contributed by atoms with Crippen LogP contribution >= 0.6 is 0 Å². The SMILES string of the molecule is CCNC(=NCCc1ccccc1)NC1CCN(c2ccccc2)C1. The molecule has 2 N–H and O–H groups in total. The largest absolute Gasteiger partial charge is 0.369 e. The minimum Gasteiger partial charge on any atom is -0.369 e. The van der Waals surface area contributed by atoms with Crippen LogP contribution in [0.5, 0.6) is 0 Å². The summed E-state index contributed by atoms with van der Waals surface area (Å²) in [6.45, 7) is 5.90. The second-order valence-electron chi connectivity index (χ2n) is 6.41. The van der Waals surface area contributed by atoms with Gasteiger partial charge in [-0.1, -0.05) is 48.5 Å². The van der Waals surface area contributed by atoms with E-state index in [9.17, 15) is 0 Å². The number of hydrogen-bond donors (Lipinski definition) is 2. The maximum atomic E-state index is 4.75. The molecule has 1 heterocycles. The summed E-state index contributed by atoms with van der Waals surface area (Å²) >= 11 is 0. The van der Waals surface area contributed by atoms with Crippen molar-refractivity contribution in [1.29, 1.82) is 0 Å². The number of guanidine groups is 1. The van der Waals surface area contributed by atoms with Crippen molar-refractivity contribution in [3.63, 3.8) is 0 Å². The van der Waals surface area contributed by atoms with Gasteiger partial charge >= 0.3 is 0 Å². The normalized spacial score (nSPS) is 17.6. The van der Waals surface area contributed by atoms with Crippen LogP contribution in [0.15, 0.2) is 65.7 Å². The number of benzene rings is 2. The highest BCUT2D eigenvalue weighted by Crippen LogP contribution is 2.19. The molecule has 1 aliphatic heterocycles. The number of hydrogen-bond acceptors (Lipinski definition) is 2. The molecule has 0 aromatic heterocycles. The molecule has 4 heteroatoms. The summed E-state index contributed by atoms with van der Waals surface area (Å²) in [5.74, 6) is 0.929. The van der Waals surface area contributed by atoms with E-state index in [1.54, 1.807) is 0 Å². The highest BCUT2D eigenvalue weighted by atomic mass is 15.2. The van der Waals surface area contributed by atoms with Gasteiger partial charge < -0.3 is 15.5 Å². The van der Waals surface area contributed by atoms with E-state index in [0.717, 1.165) is 45.0 Å². The van der Waals surface area contributed by atoms with Crippen LogP contribution in [-0.4, -0.2) is 38.2 Å². The number of aliphatic imine (C=N–C) groups is 1. The average Bonchev–Trinajstić information content (AvgIpc) is 3.12. The summed E-state index contributed by atoms with van der Waals surface area (Å²) in [6, 6.07) is 21.6. The Morgan fingerprint density at radius 3 is 2.52 bits per heavy atom. The topological polar surface area (TPSA) is 39.7 Å². The molecular weight excluding hydrogens is 308 g/mol. The minimum atomic E-state index is 0.440. The third kappa shape index (κ3) is 5.24. The first-order valence-electron chi connectivity index (χ1n) is 9.24. The molecule has 2 aromatic carbocycles. The molecule has 132 valence electrons. The Morgan fingerprint density at radius 1 is 1.08 bits per heavy atom. The molecule has 1 unspecified atom stereocenters. The van der Waals surface area contributed by atoms with Crippen LogP contribution in [0.3, 0.4) is 0 Å². The summed E-state index contributed by atoms with van der Waals surface area (Å²) in [7, 11) is 0. The van der Waals surface area contributed by atoms with Crippen LogP contribution in [0.1, 0.15) is 18.9 Å². The molecule has 1 aliphatic rings. The molecule has 4 nitrogen and oxygen atoms in total. The fourth-order valence-electron chi connectivity index (χ4n) is 3.21. The van der Waals surface area contributed by atoms with Crippen molar-refractivity contribution in [3.8, 4) is 0 Å². The van der Waals surface area contributed by atoms with E-state index in [1.807, 2.05) is 0 Å². The van der Waals surface area contributed by atoms with Crippen LogP contribution in [0.4, 0.5) is 5.69 Å². The van der Waals surface area contributed by atoms with Gasteiger partial charge in [0.1, 0.15) is 0 Å². The quantitative estimate of drug-likeness (QED) is 0.629. The fraction of sp³-hybridized carbons (Fsp3) is 0.381. The van der Waals surface area contributed by atoms with Crippen molar-refractivity contribution < 1.29 is 0 Å². The predicted molar refractivity (Wildman–Crippen MR) is 106 cm³/mol. The molecule has 1 atom stereocenters. The van der Waals surface area contributed by atoms with E-state index < -0.39 is 0 Å². The maximum Gasteiger partial charge on any atom is 0.191 e. The summed E-state index contributed by atoms with van der Waals surface area (Å²) in [4.78, 5) is 7.18. The first kappa shape index (κ1) is 17.3. The molecule has 0 aliphatic carbocycles. The van der Waals surface area contributed by atoms with Crippen LogP contribution in [0.25, 0.3) is 0 Å².